The summed E-state index contributed by atoms with van der Waals surface area (Å²) in [7, 11) is 3.50. The molecule has 1 heterocycles. The minimum Gasteiger partial charge on any atom is -0.377 e. The standard InChI is InChI=1S/C11H22N2O2/c1-14-9-6-13(7-10(9)15-2)8-11(12)4-3-5-11/h9-10H,3-8,12H2,1-2H3. The van der Waals surface area contributed by atoms with E-state index in [1.165, 1.54) is 19.3 Å². The van der Waals surface area contributed by atoms with Gasteiger partial charge in [-0.25, -0.2) is 0 Å². The molecule has 1 saturated carbocycles. The summed E-state index contributed by atoms with van der Waals surface area (Å²) in [4.78, 5) is 2.38. The van der Waals surface area contributed by atoms with Gasteiger partial charge < -0.3 is 15.2 Å². The maximum Gasteiger partial charge on any atom is 0.0971 e. The van der Waals surface area contributed by atoms with Crippen molar-refractivity contribution in [2.45, 2.75) is 37.0 Å². The SMILES string of the molecule is COC1CN(CC2(N)CCC2)CC1OC. The van der Waals surface area contributed by atoms with Crippen LogP contribution >= 0.6 is 0 Å². The molecule has 0 spiro atoms. The minimum absolute atomic E-state index is 0.0704. The van der Waals surface area contributed by atoms with Crippen molar-refractivity contribution in [1.82, 2.24) is 4.90 Å². The first-order valence-electron chi connectivity index (χ1n) is 5.74. The third kappa shape index (κ3) is 2.33. The number of nitrogens with two attached hydrogens (primary N) is 1. The molecule has 2 rings (SSSR count). The zero-order chi connectivity index (χ0) is 10.9. The van der Waals surface area contributed by atoms with E-state index in [9.17, 15) is 0 Å². The molecule has 2 aliphatic rings. The molecule has 2 unspecified atom stereocenters. The Kier molecular flexibility index (Phi) is 3.30. The zero-order valence-electron chi connectivity index (χ0n) is 9.74. The molecule has 1 aliphatic heterocycles. The molecule has 0 amide bonds. The summed E-state index contributed by atoms with van der Waals surface area (Å²) in [6.45, 7) is 2.90. The van der Waals surface area contributed by atoms with E-state index in [-0.39, 0.29) is 17.7 Å². The highest BCUT2D eigenvalue weighted by molar-refractivity contribution is 4.98. The van der Waals surface area contributed by atoms with E-state index in [0.717, 1.165) is 19.6 Å². The average molecular weight is 214 g/mol. The predicted molar refractivity (Wildman–Crippen MR) is 58.8 cm³/mol. The van der Waals surface area contributed by atoms with Crippen LogP contribution in [-0.2, 0) is 9.47 Å². The van der Waals surface area contributed by atoms with Gasteiger partial charge in [-0.3, -0.25) is 4.90 Å². The van der Waals surface area contributed by atoms with E-state index in [2.05, 4.69) is 4.90 Å². The van der Waals surface area contributed by atoms with Gasteiger partial charge in [0.15, 0.2) is 0 Å². The molecule has 4 nitrogen and oxygen atoms in total. The molecule has 2 fully saturated rings. The molecule has 88 valence electrons. The van der Waals surface area contributed by atoms with Gasteiger partial charge in [0.2, 0.25) is 0 Å². The van der Waals surface area contributed by atoms with E-state index in [4.69, 9.17) is 15.2 Å². The topological polar surface area (TPSA) is 47.7 Å². The van der Waals surface area contributed by atoms with Gasteiger partial charge in [0.1, 0.15) is 0 Å². The quantitative estimate of drug-likeness (QED) is 0.727. The van der Waals surface area contributed by atoms with Crippen molar-refractivity contribution in [2.24, 2.45) is 5.73 Å². The van der Waals surface area contributed by atoms with Crippen molar-refractivity contribution < 1.29 is 9.47 Å². The second kappa shape index (κ2) is 4.37. The van der Waals surface area contributed by atoms with Crippen molar-refractivity contribution in [3.8, 4) is 0 Å². The summed E-state index contributed by atoms with van der Waals surface area (Å²) in [6, 6.07) is 0. The van der Waals surface area contributed by atoms with Crippen LogP contribution in [0.4, 0.5) is 0 Å². The van der Waals surface area contributed by atoms with Crippen LogP contribution in [0.5, 0.6) is 0 Å². The number of ether oxygens (including phenoxy) is 2. The summed E-state index contributed by atoms with van der Waals surface area (Å²) in [6.07, 6.45) is 4.03. The lowest BCUT2D eigenvalue weighted by molar-refractivity contribution is -0.00461. The van der Waals surface area contributed by atoms with Gasteiger partial charge in [-0.2, -0.15) is 0 Å². The maximum atomic E-state index is 6.23. The molecule has 0 aromatic carbocycles. The monoisotopic (exact) mass is 214 g/mol. The second-order valence-electron chi connectivity index (χ2n) is 4.96. The molecule has 0 aromatic rings. The molecule has 2 N–H and O–H groups in total. The number of hydrogen-bond donors (Lipinski definition) is 1. The summed E-state index contributed by atoms with van der Waals surface area (Å²) in [5.41, 5.74) is 6.30. The first kappa shape index (κ1) is 11.3. The Morgan fingerprint density at radius 2 is 1.73 bits per heavy atom. The fourth-order valence-corrected chi connectivity index (χ4v) is 2.63. The third-order valence-electron chi connectivity index (χ3n) is 3.78. The Balaban J connectivity index is 1.85. The summed E-state index contributed by atoms with van der Waals surface area (Å²) >= 11 is 0. The molecule has 1 aliphatic carbocycles. The molecule has 15 heavy (non-hydrogen) atoms. The summed E-state index contributed by atoms with van der Waals surface area (Å²) in [5.74, 6) is 0. The first-order chi connectivity index (χ1) is 7.17. The molecule has 4 heteroatoms. The third-order valence-corrected chi connectivity index (χ3v) is 3.78. The Morgan fingerprint density at radius 1 is 1.20 bits per heavy atom. The van der Waals surface area contributed by atoms with Crippen molar-refractivity contribution in [2.75, 3.05) is 33.9 Å². The van der Waals surface area contributed by atoms with Gasteiger partial charge in [-0.15, -0.1) is 0 Å². The molecule has 2 atom stereocenters. The normalized spacial score (nSPS) is 35.4. The number of rotatable bonds is 4. The van der Waals surface area contributed by atoms with Gasteiger partial charge >= 0.3 is 0 Å². The van der Waals surface area contributed by atoms with Crippen LogP contribution in [0, 0.1) is 0 Å². The van der Waals surface area contributed by atoms with Crippen LogP contribution in [0.15, 0.2) is 0 Å². The Labute approximate surface area is 91.7 Å². The number of hydrogen-bond acceptors (Lipinski definition) is 4. The Hall–Kier alpha value is -0.160. The van der Waals surface area contributed by atoms with Crippen LogP contribution in [0.3, 0.4) is 0 Å². The number of methoxy groups -OCH3 is 2. The lowest BCUT2D eigenvalue weighted by Gasteiger charge is -2.41. The molecular formula is C11H22N2O2. The van der Waals surface area contributed by atoms with Crippen molar-refractivity contribution in [3.05, 3.63) is 0 Å². The Morgan fingerprint density at radius 3 is 2.07 bits per heavy atom. The maximum absolute atomic E-state index is 6.23. The highest BCUT2D eigenvalue weighted by Crippen LogP contribution is 2.31. The van der Waals surface area contributed by atoms with Crippen molar-refractivity contribution >= 4 is 0 Å². The lowest BCUT2D eigenvalue weighted by atomic mass is 9.77. The second-order valence-corrected chi connectivity index (χ2v) is 4.96. The Bertz CT molecular complexity index is 207. The van der Waals surface area contributed by atoms with Crippen LogP contribution in [-0.4, -0.2) is 56.5 Å². The smallest absolute Gasteiger partial charge is 0.0971 e. The lowest BCUT2D eigenvalue weighted by Crippen LogP contribution is -2.54. The van der Waals surface area contributed by atoms with Crippen LogP contribution in [0.25, 0.3) is 0 Å². The molecule has 0 bridgehead atoms. The van der Waals surface area contributed by atoms with Gasteiger partial charge in [-0.05, 0) is 19.3 Å². The fourth-order valence-electron chi connectivity index (χ4n) is 2.63. The zero-order valence-corrected chi connectivity index (χ0v) is 9.74. The van der Waals surface area contributed by atoms with Crippen molar-refractivity contribution in [1.29, 1.82) is 0 Å². The van der Waals surface area contributed by atoms with Crippen LogP contribution in [0.1, 0.15) is 19.3 Å². The highest BCUT2D eigenvalue weighted by atomic mass is 16.5. The molecule has 0 radical (unpaired) electrons. The van der Waals surface area contributed by atoms with E-state index in [1.54, 1.807) is 14.2 Å². The minimum atomic E-state index is 0.0704. The molecule has 0 aromatic heterocycles. The van der Waals surface area contributed by atoms with Gasteiger partial charge in [-0.1, -0.05) is 0 Å². The van der Waals surface area contributed by atoms with Crippen LogP contribution in [0.2, 0.25) is 0 Å². The average Bonchev–Trinajstić information content (AvgIpc) is 2.57. The highest BCUT2D eigenvalue weighted by Gasteiger charge is 2.39. The van der Waals surface area contributed by atoms with Gasteiger partial charge in [0.25, 0.3) is 0 Å². The summed E-state index contributed by atoms with van der Waals surface area (Å²) in [5, 5.41) is 0. The largest absolute Gasteiger partial charge is 0.377 e. The fraction of sp³-hybridized carbons (Fsp3) is 1.00. The first-order valence-corrected chi connectivity index (χ1v) is 5.74. The number of likely N-dealkylation sites (tertiary alicyclic amines) is 1. The predicted octanol–water partition coefficient (Wildman–Crippen LogP) is 0.213. The van der Waals surface area contributed by atoms with Gasteiger partial charge in [0.05, 0.1) is 12.2 Å². The molecule has 1 saturated heterocycles. The summed E-state index contributed by atoms with van der Waals surface area (Å²) < 4.78 is 10.8. The van der Waals surface area contributed by atoms with E-state index in [1.807, 2.05) is 0 Å². The van der Waals surface area contributed by atoms with E-state index in [0.29, 0.717) is 0 Å². The van der Waals surface area contributed by atoms with Gasteiger partial charge in [0, 0.05) is 39.4 Å². The number of nitrogens with zero attached hydrogens (tertiary/aromatic N) is 1. The molecular weight excluding hydrogens is 192 g/mol. The van der Waals surface area contributed by atoms with Crippen molar-refractivity contribution in [3.63, 3.8) is 0 Å². The van der Waals surface area contributed by atoms with E-state index >= 15 is 0 Å². The van der Waals surface area contributed by atoms with Crippen LogP contribution < -0.4 is 5.73 Å². The van der Waals surface area contributed by atoms with E-state index < -0.39 is 0 Å².